The Kier molecular flexibility index (Phi) is 4.43. The average Bonchev–Trinajstić information content (AvgIpc) is 2.66. The highest BCUT2D eigenvalue weighted by molar-refractivity contribution is 6.15. The van der Waals surface area contributed by atoms with E-state index >= 15 is 0 Å². The molecular weight excluding hydrogens is 322 g/mol. The molecule has 0 bridgehead atoms. The van der Waals surface area contributed by atoms with Crippen molar-refractivity contribution in [2.45, 2.75) is 0 Å². The number of nitrogens with zero attached hydrogens (tertiary/aromatic N) is 1. The van der Waals surface area contributed by atoms with E-state index in [2.05, 4.69) is 4.98 Å². The molecule has 0 radical (unpaired) electrons. The lowest BCUT2D eigenvalue weighted by Gasteiger charge is -2.11. The molecule has 0 spiro atoms. The molecule has 0 saturated heterocycles. The summed E-state index contributed by atoms with van der Waals surface area (Å²) in [5.41, 5.74) is 0.649. The van der Waals surface area contributed by atoms with E-state index in [1.54, 1.807) is 31.5 Å². The van der Waals surface area contributed by atoms with Crippen molar-refractivity contribution >= 4 is 16.6 Å². The van der Waals surface area contributed by atoms with Gasteiger partial charge in [0.15, 0.2) is 23.0 Å². The lowest BCUT2D eigenvalue weighted by Crippen LogP contribution is -2.05. The summed E-state index contributed by atoms with van der Waals surface area (Å²) in [6.07, 6.45) is 1.57. The minimum absolute atomic E-state index is 0.0312. The number of hydrogen-bond acceptors (Lipinski definition) is 6. The molecule has 0 unspecified atom stereocenters. The molecule has 3 rings (SSSR count). The maximum atomic E-state index is 12.9. The minimum Gasteiger partial charge on any atom is -0.504 e. The third-order valence-corrected chi connectivity index (χ3v) is 3.93. The number of ketones is 1. The van der Waals surface area contributed by atoms with E-state index in [9.17, 15) is 9.90 Å². The summed E-state index contributed by atoms with van der Waals surface area (Å²) in [6, 6.07) is 9.75. The Morgan fingerprint density at radius 3 is 2.28 bits per heavy atom. The third-order valence-electron chi connectivity index (χ3n) is 3.93. The van der Waals surface area contributed by atoms with Gasteiger partial charge < -0.3 is 19.3 Å². The maximum Gasteiger partial charge on any atom is 0.212 e. The van der Waals surface area contributed by atoms with Crippen LogP contribution in [0, 0.1) is 0 Å². The SMILES string of the molecule is COc1cc(C(=O)c2nccc3cc(OC)c(OC)cc23)ccc1O. The predicted molar refractivity (Wildman–Crippen MR) is 92.9 cm³/mol. The van der Waals surface area contributed by atoms with E-state index in [0.29, 0.717) is 22.4 Å². The minimum atomic E-state index is -0.281. The molecule has 0 aliphatic rings. The largest absolute Gasteiger partial charge is 0.504 e. The van der Waals surface area contributed by atoms with Crippen LogP contribution in [-0.4, -0.2) is 37.2 Å². The number of methoxy groups -OCH3 is 3. The molecule has 0 amide bonds. The standard InChI is InChI=1S/C19H17NO5/c1-23-15-9-12(4-5-14(15)21)19(22)18-13-10-17(25-3)16(24-2)8-11(13)6-7-20-18/h4-10,21H,1-3H3. The molecule has 0 aliphatic carbocycles. The van der Waals surface area contributed by atoms with Crippen molar-refractivity contribution in [2.24, 2.45) is 0 Å². The van der Waals surface area contributed by atoms with E-state index in [0.717, 1.165) is 5.39 Å². The third kappa shape index (κ3) is 2.94. The van der Waals surface area contributed by atoms with Crippen molar-refractivity contribution in [2.75, 3.05) is 21.3 Å². The summed E-state index contributed by atoms with van der Waals surface area (Å²) in [7, 11) is 4.52. The lowest BCUT2D eigenvalue weighted by molar-refractivity contribution is 0.103. The number of ether oxygens (including phenoxy) is 3. The van der Waals surface area contributed by atoms with Gasteiger partial charge in [0.05, 0.1) is 21.3 Å². The molecule has 1 N–H and O–H groups in total. The fourth-order valence-corrected chi connectivity index (χ4v) is 2.64. The zero-order valence-corrected chi connectivity index (χ0v) is 14.1. The summed E-state index contributed by atoms with van der Waals surface area (Å²) in [5, 5.41) is 11.2. The molecule has 0 atom stereocenters. The van der Waals surface area contributed by atoms with Crippen molar-refractivity contribution < 1.29 is 24.1 Å². The Bertz CT molecular complexity index is 952. The Labute approximate surface area is 144 Å². The van der Waals surface area contributed by atoms with Gasteiger partial charge in [-0.05, 0) is 41.8 Å². The number of phenols is 1. The number of pyridine rings is 1. The van der Waals surface area contributed by atoms with E-state index in [1.165, 1.54) is 32.4 Å². The number of fused-ring (bicyclic) bond motifs is 1. The molecular formula is C19H17NO5. The maximum absolute atomic E-state index is 12.9. The Morgan fingerprint density at radius 2 is 1.60 bits per heavy atom. The number of rotatable bonds is 5. The van der Waals surface area contributed by atoms with Crippen LogP contribution in [0.2, 0.25) is 0 Å². The van der Waals surface area contributed by atoms with Crippen LogP contribution in [0.1, 0.15) is 16.1 Å². The quantitative estimate of drug-likeness (QED) is 0.719. The monoisotopic (exact) mass is 339 g/mol. The first-order chi connectivity index (χ1) is 12.1. The normalized spacial score (nSPS) is 10.5. The molecule has 0 fully saturated rings. The summed E-state index contributed by atoms with van der Waals surface area (Å²) < 4.78 is 15.7. The molecule has 6 nitrogen and oxygen atoms in total. The van der Waals surface area contributed by atoms with Gasteiger partial charge in [-0.15, -0.1) is 0 Å². The lowest BCUT2D eigenvalue weighted by atomic mass is 10.0. The second-order valence-electron chi connectivity index (χ2n) is 5.30. The van der Waals surface area contributed by atoms with Crippen LogP contribution in [0.4, 0.5) is 0 Å². The molecule has 128 valence electrons. The molecule has 1 aromatic heterocycles. The van der Waals surface area contributed by atoms with Crippen LogP contribution in [0.15, 0.2) is 42.6 Å². The Balaban J connectivity index is 2.16. The zero-order chi connectivity index (χ0) is 18.0. The van der Waals surface area contributed by atoms with Gasteiger partial charge in [-0.3, -0.25) is 9.78 Å². The highest BCUT2D eigenvalue weighted by atomic mass is 16.5. The van der Waals surface area contributed by atoms with Crippen LogP contribution in [-0.2, 0) is 0 Å². The summed E-state index contributed by atoms with van der Waals surface area (Å²) >= 11 is 0. The number of carbonyl (C=O) groups is 1. The van der Waals surface area contributed by atoms with Gasteiger partial charge in [0.25, 0.3) is 0 Å². The van der Waals surface area contributed by atoms with Gasteiger partial charge >= 0.3 is 0 Å². The highest BCUT2D eigenvalue weighted by Crippen LogP contribution is 2.34. The Hall–Kier alpha value is -3.28. The Morgan fingerprint density at radius 1 is 0.920 bits per heavy atom. The van der Waals surface area contributed by atoms with Gasteiger partial charge in [-0.1, -0.05) is 0 Å². The first-order valence-electron chi connectivity index (χ1n) is 7.51. The fourth-order valence-electron chi connectivity index (χ4n) is 2.64. The van der Waals surface area contributed by atoms with Crippen molar-refractivity contribution in [3.05, 3.63) is 53.9 Å². The molecule has 0 aliphatic heterocycles. The van der Waals surface area contributed by atoms with Crippen LogP contribution in [0.3, 0.4) is 0 Å². The van der Waals surface area contributed by atoms with E-state index < -0.39 is 0 Å². The molecule has 3 aromatic rings. The average molecular weight is 339 g/mol. The van der Waals surface area contributed by atoms with Gasteiger partial charge in [0.2, 0.25) is 5.78 Å². The van der Waals surface area contributed by atoms with Gasteiger partial charge in [-0.2, -0.15) is 0 Å². The van der Waals surface area contributed by atoms with Crippen molar-refractivity contribution in [1.29, 1.82) is 0 Å². The summed E-state index contributed by atoms with van der Waals surface area (Å²) in [6.45, 7) is 0. The van der Waals surface area contributed by atoms with Crippen LogP contribution in [0.25, 0.3) is 10.8 Å². The number of benzene rings is 2. The van der Waals surface area contributed by atoms with Crippen LogP contribution >= 0.6 is 0 Å². The topological polar surface area (TPSA) is 77.9 Å². The fraction of sp³-hybridized carbons (Fsp3) is 0.158. The number of phenolic OH excluding ortho intramolecular Hbond substituents is 1. The van der Waals surface area contributed by atoms with E-state index in [4.69, 9.17) is 14.2 Å². The zero-order valence-electron chi connectivity index (χ0n) is 14.1. The summed E-state index contributed by atoms with van der Waals surface area (Å²) in [4.78, 5) is 17.2. The van der Waals surface area contributed by atoms with Crippen LogP contribution in [0.5, 0.6) is 23.0 Å². The number of hydrogen-bond donors (Lipinski definition) is 1. The number of aromatic nitrogens is 1. The van der Waals surface area contributed by atoms with Gasteiger partial charge in [0, 0.05) is 17.1 Å². The number of carbonyl (C=O) groups excluding carboxylic acids is 1. The number of aromatic hydroxyl groups is 1. The van der Waals surface area contributed by atoms with Crippen LogP contribution < -0.4 is 14.2 Å². The van der Waals surface area contributed by atoms with Gasteiger partial charge in [0.1, 0.15) is 5.69 Å². The highest BCUT2D eigenvalue weighted by Gasteiger charge is 2.18. The summed E-state index contributed by atoms with van der Waals surface area (Å²) in [5.74, 6) is 1.00. The van der Waals surface area contributed by atoms with Crippen molar-refractivity contribution in [3.63, 3.8) is 0 Å². The first kappa shape index (κ1) is 16.6. The predicted octanol–water partition coefficient (Wildman–Crippen LogP) is 3.20. The molecule has 25 heavy (non-hydrogen) atoms. The van der Waals surface area contributed by atoms with Gasteiger partial charge in [-0.25, -0.2) is 0 Å². The molecule has 2 aromatic carbocycles. The van der Waals surface area contributed by atoms with Crippen molar-refractivity contribution in [1.82, 2.24) is 4.98 Å². The second-order valence-corrected chi connectivity index (χ2v) is 5.30. The first-order valence-corrected chi connectivity index (χ1v) is 7.51. The molecule has 1 heterocycles. The van der Waals surface area contributed by atoms with E-state index in [1.807, 2.05) is 0 Å². The second kappa shape index (κ2) is 6.68. The molecule has 6 heteroatoms. The molecule has 0 saturated carbocycles. The van der Waals surface area contributed by atoms with Crippen molar-refractivity contribution in [3.8, 4) is 23.0 Å². The van der Waals surface area contributed by atoms with E-state index in [-0.39, 0.29) is 23.0 Å². The smallest absolute Gasteiger partial charge is 0.212 e.